The summed E-state index contributed by atoms with van der Waals surface area (Å²) in [5.41, 5.74) is 3.36. The van der Waals surface area contributed by atoms with Gasteiger partial charge in [0.15, 0.2) is 6.29 Å². The fourth-order valence-electron chi connectivity index (χ4n) is 3.83. The summed E-state index contributed by atoms with van der Waals surface area (Å²) in [7, 11) is 0. The predicted octanol–water partition coefficient (Wildman–Crippen LogP) is 7.35. The first kappa shape index (κ1) is 38.9. The van der Waals surface area contributed by atoms with Crippen molar-refractivity contribution in [2.24, 2.45) is 15.9 Å². The highest BCUT2D eigenvalue weighted by atomic mass is 35.5. The number of allylic oxidation sites excluding steroid dienone is 8. The summed E-state index contributed by atoms with van der Waals surface area (Å²) >= 11 is 5.93. The van der Waals surface area contributed by atoms with Crippen LogP contribution in [0, 0.1) is 23.1 Å². The Labute approximate surface area is 272 Å². The molecule has 3 N–H and O–H groups in total. The Morgan fingerprint density at radius 2 is 1.96 bits per heavy atom. The summed E-state index contributed by atoms with van der Waals surface area (Å²) < 4.78 is 14.0. The van der Waals surface area contributed by atoms with Gasteiger partial charge in [0.2, 0.25) is 0 Å². The van der Waals surface area contributed by atoms with Gasteiger partial charge in [-0.2, -0.15) is 5.26 Å². The summed E-state index contributed by atoms with van der Waals surface area (Å²) in [6, 6.07) is 6.64. The van der Waals surface area contributed by atoms with E-state index in [1.165, 1.54) is 12.1 Å². The minimum Gasteiger partial charge on any atom is -0.368 e. The van der Waals surface area contributed by atoms with Gasteiger partial charge in [0.1, 0.15) is 5.82 Å². The normalized spacial score (nSPS) is 14.3. The van der Waals surface area contributed by atoms with E-state index >= 15 is 0 Å². The molecule has 1 unspecified atom stereocenters. The van der Waals surface area contributed by atoms with Crippen LogP contribution >= 0.6 is 11.6 Å². The molecule has 9 heteroatoms. The number of aliphatic hydroxyl groups excluding tert-OH is 1. The zero-order valence-electron chi connectivity index (χ0n) is 26.3. The van der Waals surface area contributed by atoms with E-state index in [4.69, 9.17) is 16.9 Å². The van der Waals surface area contributed by atoms with Crippen molar-refractivity contribution >= 4 is 29.4 Å². The van der Waals surface area contributed by atoms with Gasteiger partial charge < -0.3 is 15.5 Å². The third-order valence-corrected chi connectivity index (χ3v) is 6.66. The summed E-state index contributed by atoms with van der Waals surface area (Å²) in [5, 5.41) is 31.0. The van der Waals surface area contributed by atoms with Gasteiger partial charge in [-0.15, -0.1) is 6.58 Å². The van der Waals surface area contributed by atoms with Crippen molar-refractivity contribution in [2.75, 3.05) is 6.54 Å². The first-order valence-electron chi connectivity index (χ1n) is 14.7. The zero-order valence-corrected chi connectivity index (χ0v) is 27.1. The Kier molecular flexibility index (Phi) is 20.1. The van der Waals surface area contributed by atoms with Crippen LogP contribution in [0.15, 0.2) is 112 Å². The lowest BCUT2D eigenvalue weighted by atomic mass is 10.0. The minimum absolute atomic E-state index is 0.0493. The average Bonchev–Trinajstić information content (AvgIpc) is 3.00. The third kappa shape index (κ3) is 19.0. The highest BCUT2D eigenvalue weighted by Crippen LogP contribution is 2.14. The number of hydrogen-bond donors (Lipinski definition) is 3. The fraction of sp³-hybridized carbons (Fsp3) is 0.333. The number of aliphatic hydroxyl groups is 2. The predicted molar refractivity (Wildman–Crippen MR) is 183 cm³/mol. The number of carbonyl (C=O) groups is 1. The lowest BCUT2D eigenvalue weighted by Crippen LogP contribution is -2.26. The van der Waals surface area contributed by atoms with Crippen LogP contribution in [0.4, 0.5) is 4.39 Å². The molecule has 1 atom stereocenters. The molecular formula is C36H44ClFN4O3. The molecule has 0 aromatic heterocycles. The molecule has 1 rings (SSSR count). The molecule has 0 aliphatic rings. The Morgan fingerprint density at radius 1 is 1.20 bits per heavy atom. The van der Waals surface area contributed by atoms with Crippen LogP contribution in [0.3, 0.4) is 0 Å². The minimum atomic E-state index is -1.54. The molecule has 7 nitrogen and oxygen atoms in total. The molecule has 0 saturated carbocycles. The van der Waals surface area contributed by atoms with E-state index < -0.39 is 12.1 Å². The molecule has 0 aliphatic heterocycles. The Bertz CT molecular complexity index is 1400. The molecule has 1 aromatic carbocycles. The van der Waals surface area contributed by atoms with E-state index in [-0.39, 0.29) is 18.2 Å². The zero-order chi connectivity index (χ0) is 33.5. The lowest BCUT2D eigenvalue weighted by Gasteiger charge is -2.08. The number of rotatable bonds is 19. The van der Waals surface area contributed by atoms with Crippen molar-refractivity contribution in [1.29, 1.82) is 5.26 Å². The van der Waals surface area contributed by atoms with Crippen molar-refractivity contribution in [3.05, 3.63) is 119 Å². The molecule has 45 heavy (non-hydrogen) atoms. The van der Waals surface area contributed by atoms with Crippen molar-refractivity contribution in [1.82, 2.24) is 5.32 Å². The van der Waals surface area contributed by atoms with E-state index in [1.54, 1.807) is 61.1 Å². The molecule has 240 valence electrons. The second kappa shape index (κ2) is 23.3. The molecule has 0 aliphatic carbocycles. The summed E-state index contributed by atoms with van der Waals surface area (Å²) in [6.45, 7) is 9.63. The van der Waals surface area contributed by atoms with Gasteiger partial charge in [0.05, 0.1) is 12.0 Å². The number of nitrogens with one attached hydrogen (secondary N) is 1. The fourth-order valence-corrected chi connectivity index (χ4v) is 3.92. The van der Waals surface area contributed by atoms with Crippen molar-refractivity contribution in [3.63, 3.8) is 0 Å². The molecular weight excluding hydrogens is 591 g/mol. The van der Waals surface area contributed by atoms with E-state index in [1.807, 2.05) is 32.9 Å². The standard InChI is InChI=1S/C36H44ClFN4O3/c1-5-29(25-39)12-9-11-27(3)26-42-36(45)32(13-10-19-40-18-8-7-14-33(37)6-2)17-20-41-28(4)15-16-30-21-31(24-35(43)44)23-34(38)22-30/h5-7,10-11,13-14,17-23,29,35,43-44H,1,8-9,12,15-16,24,26H2,2-4H3,(H,42,45)/b14-7-,19-10+,20-17+,27-11+,32-13+,33-6+,40-18+,41-28+. The number of nitriles is 1. The van der Waals surface area contributed by atoms with Crippen LogP contribution in [0.5, 0.6) is 0 Å². The largest absolute Gasteiger partial charge is 0.368 e. The van der Waals surface area contributed by atoms with Gasteiger partial charge in [-0.3, -0.25) is 14.8 Å². The van der Waals surface area contributed by atoms with Crippen LogP contribution in [-0.4, -0.2) is 40.9 Å². The molecule has 0 heterocycles. The maximum atomic E-state index is 14.0. The molecule has 0 radical (unpaired) electrons. The Balaban J connectivity index is 2.94. The van der Waals surface area contributed by atoms with Crippen molar-refractivity contribution in [3.8, 4) is 6.07 Å². The maximum Gasteiger partial charge on any atom is 0.251 e. The Morgan fingerprint density at radius 3 is 2.64 bits per heavy atom. The van der Waals surface area contributed by atoms with Gasteiger partial charge in [-0.1, -0.05) is 47.5 Å². The number of aliphatic imine (C=N–C) groups is 2. The SMILES string of the molecule is C=CC(C#N)CC/C=C(\C)CNC(=O)C(/C=C/N=C(\C)CCc1cc(F)cc(CC(O)O)c1)=C/C=C/N=C/C/C=C\C(Cl)=C/C. The quantitative estimate of drug-likeness (QED) is 0.0484. The highest BCUT2D eigenvalue weighted by Gasteiger charge is 2.07. The second-order valence-corrected chi connectivity index (χ2v) is 10.7. The maximum absolute atomic E-state index is 14.0. The number of carbonyl (C=O) groups excluding carboxylic acids is 1. The number of benzene rings is 1. The van der Waals surface area contributed by atoms with Gasteiger partial charge in [0, 0.05) is 54.3 Å². The van der Waals surface area contributed by atoms with Crippen LogP contribution in [-0.2, 0) is 17.6 Å². The van der Waals surface area contributed by atoms with E-state index in [0.717, 1.165) is 16.8 Å². The van der Waals surface area contributed by atoms with Gasteiger partial charge in [0.25, 0.3) is 5.91 Å². The monoisotopic (exact) mass is 634 g/mol. The molecule has 0 spiro atoms. The van der Waals surface area contributed by atoms with Gasteiger partial charge in [-0.05, 0) is 94.0 Å². The summed E-state index contributed by atoms with van der Waals surface area (Å²) in [4.78, 5) is 21.7. The van der Waals surface area contributed by atoms with Crippen LogP contribution in [0.1, 0.15) is 57.6 Å². The molecule has 1 amide bonds. The smallest absolute Gasteiger partial charge is 0.251 e. The first-order chi connectivity index (χ1) is 21.6. The molecule has 0 bridgehead atoms. The van der Waals surface area contributed by atoms with Gasteiger partial charge in [-0.25, -0.2) is 4.39 Å². The van der Waals surface area contributed by atoms with E-state index in [0.29, 0.717) is 54.8 Å². The first-order valence-corrected chi connectivity index (χ1v) is 15.1. The number of hydrogen-bond acceptors (Lipinski definition) is 6. The van der Waals surface area contributed by atoms with E-state index in [9.17, 15) is 19.4 Å². The number of aryl methyl sites for hydroxylation is 1. The Hall–Kier alpha value is -4.16. The molecule has 1 aromatic rings. The second-order valence-electron chi connectivity index (χ2n) is 10.2. The number of amides is 1. The van der Waals surface area contributed by atoms with Gasteiger partial charge >= 0.3 is 0 Å². The number of halogens is 2. The van der Waals surface area contributed by atoms with E-state index in [2.05, 4.69) is 27.9 Å². The van der Waals surface area contributed by atoms with Crippen molar-refractivity contribution in [2.45, 2.75) is 65.6 Å². The molecule has 0 saturated heterocycles. The van der Waals surface area contributed by atoms with Crippen LogP contribution in [0.2, 0.25) is 0 Å². The topological polar surface area (TPSA) is 118 Å². The average molecular weight is 635 g/mol. The lowest BCUT2D eigenvalue weighted by molar-refractivity contribution is -0.117. The van der Waals surface area contributed by atoms with Crippen LogP contribution < -0.4 is 5.32 Å². The molecule has 0 fully saturated rings. The summed E-state index contributed by atoms with van der Waals surface area (Å²) in [6.07, 6.45) is 20.3. The summed E-state index contributed by atoms with van der Waals surface area (Å²) in [5.74, 6) is -0.919. The highest BCUT2D eigenvalue weighted by molar-refractivity contribution is 6.31. The van der Waals surface area contributed by atoms with Crippen LogP contribution in [0.25, 0.3) is 0 Å². The third-order valence-electron chi connectivity index (χ3n) is 6.32. The number of nitrogens with zero attached hydrogens (tertiary/aromatic N) is 3. The van der Waals surface area contributed by atoms with Crippen molar-refractivity contribution < 1.29 is 19.4 Å².